The molecule has 0 unspecified atom stereocenters. The monoisotopic (exact) mass is 413 g/mol. The lowest BCUT2D eigenvalue weighted by molar-refractivity contribution is 0.156. The molecule has 1 nitrogen and oxygen atoms in total. The van der Waals surface area contributed by atoms with Crippen molar-refractivity contribution < 1.29 is 0 Å². The molecule has 0 bridgehead atoms. The first-order valence-electron chi connectivity index (χ1n) is 12.8. The Morgan fingerprint density at radius 2 is 1.23 bits per heavy atom. The van der Waals surface area contributed by atoms with Crippen LogP contribution in [0.3, 0.4) is 0 Å². The lowest BCUT2D eigenvalue weighted by Gasteiger charge is -2.38. The van der Waals surface area contributed by atoms with E-state index in [1.54, 1.807) is 5.56 Å². The molecule has 0 aliphatic heterocycles. The molecule has 2 aliphatic rings. The molecule has 4 rings (SSSR count). The molecule has 1 heteroatoms. The number of aryl methyl sites for hydroxylation is 2. The van der Waals surface area contributed by atoms with Gasteiger partial charge >= 0.3 is 0 Å². The molecular weight excluding hydrogens is 374 g/mol. The van der Waals surface area contributed by atoms with Crippen LogP contribution in [0.4, 0.5) is 0 Å². The minimum Gasteiger partial charge on any atom is -0.192 e. The zero-order valence-corrected chi connectivity index (χ0v) is 19.4. The van der Waals surface area contributed by atoms with E-state index in [1.807, 2.05) is 12.1 Å². The first-order chi connectivity index (χ1) is 15.2. The average Bonchev–Trinajstić information content (AvgIpc) is 2.84. The first kappa shape index (κ1) is 22.1. The van der Waals surface area contributed by atoms with Crippen LogP contribution in [0.15, 0.2) is 48.5 Å². The van der Waals surface area contributed by atoms with Gasteiger partial charge in [-0.05, 0) is 104 Å². The number of nitriles is 1. The normalized spacial score (nSPS) is 26.3. The van der Waals surface area contributed by atoms with E-state index in [9.17, 15) is 0 Å². The molecule has 164 valence electrons. The van der Waals surface area contributed by atoms with E-state index in [-0.39, 0.29) is 0 Å². The van der Waals surface area contributed by atoms with Crippen molar-refractivity contribution in [3.63, 3.8) is 0 Å². The lowest BCUT2D eigenvalue weighted by Crippen LogP contribution is -2.25. The number of benzene rings is 2. The molecule has 0 spiro atoms. The number of rotatable bonds is 7. The van der Waals surface area contributed by atoms with Crippen molar-refractivity contribution in [1.29, 1.82) is 5.26 Å². The zero-order valence-electron chi connectivity index (χ0n) is 19.4. The van der Waals surface area contributed by atoms with Crippen LogP contribution < -0.4 is 0 Å². The molecule has 2 aliphatic carbocycles. The van der Waals surface area contributed by atoms with E-state index in [0.29, 0.717) is 0 Å². The molecule has 2 fully saturated rings. The van der Waals surface area contributed by atoms with Crippen LogP contribution >= 0.6 is 0 Å². The maximum atomic E-state index is 8.93. The van der Waals surface area contributed by atoms with Gasteiger partial charge in [-0.2, -0.15) is 5.26 Å². The van der Waals surface area contributed by atoms with Crippen molar-refractivity contribution in [3.05, 3.63) is 70.8 Å². The Morgan fingerprint density at radius 3 is 1.74 bits per heavy atom. The summed E-state index contributed by atoms with van der Waals surface area (Å²) < 4.78 is 0. The largest absolute Gasteiger partial charge is 0.192 e. The average molecular weight is 414 g/mol. The van der Waals surface area contributed by atoms with E-state index in [4.69, 9.17) is 5.26 Å². The van der Waals surface area contributed by atoms with Crippen molar-refractivity contribution in [2.24, 2.45) is 17.8 Å². The van der Waals surface area contributed by atoms with Gasteiger partial charge in [0.1, 0.15) is 0 Å². The third kappa shape index (κ3) is 6.00. The highest BCUT2D eigenvalue weighted by molar-refractivity contribution is 5.32. The highest BCUT2D eigenvalue weighted by atomic mass is 14.4. The number of hydrogen-bond donors (Lipinski definition) is 0. The second-order valence-electron chi connectivity index (χ2n) is 10.2. The van der Waals surface area contributed by atoms with Crippen molar-refractivity contribution in [1.82, 2.24) is 0 Å². The molecule has 2 saturated carbocycles. The highest BCUT2D eigenvalue weighted by Gasteiger charge is 2.31. The minimum absolute atomic E-state index is 0.743. The van der Waals surface area contributed by atoms with Gasteiger partial charge in [0.2, 0.25) is 0 Å². The summed E-state index contributed by atoms with van der Waals surface area (Å²) in [5, 5.41) is 8.93. The summed E-state index contributed by atoms with van der Waals surface area (Å²) in [7, 11) is 0. The molecule has 2 aromatic carbocycles. The maximum absolute atomic E-state index is 8.93. The third-order valence-corrected chi connectivity index (χ3v) is 8.26. The van der Waals surface area contributed by atoms with Gasteiger partial charge in [0.15, 0.2) is 0 Å². The Balaban J connectivity index is 1.22. The second-order valence-corrected chi connectivity index (χ2v) is 10.2. The van der Waals surface area contributed by atoms with Gasteiger partial charge in [0.05, 0.1) is 11.6 Å². The summed E-state index contributed by atoms with van der Waals surface area (Å²) in [6.45, 7) is 2.34. The van der Waals surface area contributed by atoms with Gasteiger partial charge in [0, 0.05) is 0 Å². The van der Waals surface area contributed by atoms with E-state index < -0.39 is 0 Å². The molecular formula is C30H39N. The molecule has 0 radical (unpaired) electrons. The summed E-state index contributed by atoms with van der Waals surface area (Å²) in [5.74, 6) is 3.84. The predicted octanol–water partition coefficient (Wildman–Crippen LogP) is 8.22. The second kappa shape index (κ2) is 11.0. The van der Waals surface area contributed by atoms with Gasteiger partial charge in [0.25, 0.3) is 0 Å². The predicted molar refractivity (Wildman–Crippen MR) is 130 cm³/mol. The summed E-state index contributed by atoms with van der Waals surface area (Å²) in [4.78, 5) is 0. The Morgan fingerprint density at radius 1 is 0.710 bits per heavy atom. The first-order valence-corrected chi connectivity index (χ1v) is 12.8. The molecule has 0 atom stereocenters. The van der Waals surface area contributed by atoms with Crippen LogP contribution in [0.5, 0.6) is 0 Å². The van der Waals surface area contributed by atoms with Crippen molar-refractivity contribution in [3.8, 4) is 6.07 Å². The lowest BCUT2D eigenvalue weighted by atomic mass is 9.68. The number of hydrogen-bond acceptors (Lipinski definition) is 1. The highest BCUT2D eigenvalue weighted by Crippen LogP contribution is 2.44. The van der Waals surface area contributed by atoms with E-state index in [1.165, 1.54) is 75.3 Å². The molecule has 31 heavy (non-hydrogen) atoms. The Kier molecular flexibility index (Phi) is 7.85. The quantitative estimate of drug-likeness (QED) is 0.448. The minimum atomic E-state index is 0.743. The van der Waals surface area contributed by atoms with E-state index >= 15 is 0 Å². The van der Waals surface area contributed by atoms with Crippen LogP contribution in [0.25, 0.3) is 0 Å². The van der Waals surface area contributed by atoms with E-state index in [0.717, 1.165) is 42.1 Å². The molecule has 0 heterocycles. The van der Waals surface area contributed by atoms with E-state index in [2.05, 4.69) is 49.4 Å². The van der Waals surface area contributed by atoms with Gasteiger partial charge in [-0.25, -0.2) is 0 Å². The summed E-state index contributed by atoms with van der Waals surface area (Å²) in [6, 6.07) is 19.7. The van der Waals surface area contributed by atoms with Crippen LogP contribution in [-0.4, -0.2) is 0 Å². The number of nitrogens with zero attached hydrogens (tertiary/aromatic N) is 1. The SMILES string of the molecule is CCC[C@H]1CC[C@H](C2CCC(c3ccc(CCc4ccc(C#N)cc4)cc3)CC2)CC1. The van der Waals surface area contributed by atoms with Crippen LogP contribution in [0.1, 0.15) is 99.3 Å². The van der Waals surface area contributed by atoms with Gasteiger partial charge in [-0.15, -0.1) is 0 Å². The summed E-state index contributed by atoms with van der Waals surface area (Å²) in [5.41, 5.74) is 5.04. The van der Waals surface area contributed by atoms with Crippen molar-refractivity contribution in [2.75, 3.05) is 0 Å². The fourth-order valence-corrected chi connectivity index (χ4v) is 6.27. The van der Waals surface area contributed by atoms with Crippen LogP contribution in [0, 0.1) is 29.1 Å². The fraction of sp³-hybridized carbons (Fsp3) is 0.567. The fourth-order valence-electron chi connectivity index (χ4n) is 6.27. The molecule has 0 saturated heterocycles. The Bertz CT molecular complexity index is 825. The molecule has 0 aromatic heterocycles. The van der Waals surface area contributed by atoms with Crippen molar-refractivity contribution >= 4 is 0 Å². The van der Waals surface area contributed by atoms with Crippen LogP contribution in [0.2, 0.25) is 0 Å². The Labute approximate surface area is 189 Å². The maximum Gasteiger partial charge on any atom is 0.0991 e. The van der Waals surface area contributed by atoms with Gasteiger partial charge in [-0.3, -0.25) is 0 Å². The summed E-state index contributed by atoms with van der Waals surface area (Å²) >= 11 is 0. The van der Waals surface area contributed by atoms with Gasteiger partial charge < -0.3 is 0 Å². The zero-order chi connectivity index (χ0) is 21.5. The summed E-state index contributed by atoms with van der Waals surface area (Å²) in [6.07, 6.45) is 16.7. The molecule has 0 amide bonds. The van der Waals surface area contributed by atoms with Crippen LogP contribution in [-0.2, 0) is 12.8 Å². The van der Waals surface area contributed by atoms with Gasteiger partial charge in [-0.1, -0.05) is 69.0 Å². The standard InChI is InChI=1S/C30H39N/c1-2-3-23-10-14-27(15-11-23)29-18-20-30(21-19-29)28-16-12-25(13-17-28)5-4-24-6-8-26(22-31)9-7-24/h6-9,12-13,16-17,23,27,29-30H,2-5,10-11,14-15,18-21H2,1H3/t23-,27-,29?,30?. The smallest absolute Gasteiger partial charge is 0.0991 e. The third-order valence-electron chi connectivity index (χ3n) is 8.26. The Hall–Kier alpha value is -2.07. The topological polar surface area (TPSA) is 23.8 Å². The molecule has 0 N–H and O–H groups in total. The van der Waals surface area contributed by atoms with Crippen molar-refractivity contribution in [2.45, 2.75) is 89.9 Å². The molecule has 2 aromatic rings.